The van der Waals surface area contributed by atoms with Crippen LogP contribution in [0, 0.1) is 16.0 Å². The minimum atomic E-state index is -0.486. The number of non-ortho nitro benzene ring substituents is 1. The minimum absolute atomic E-state index is 0.0812. The van der Waals surface area contributed by atoms with Crippen molar-refractivity contribution in [2.45, 2.75) is 59.3 Å². The van der Waals surface area contributed by atoms with Crippen LogP contribution in [0.15, 0.2) is 23.0 Å². The molecular weight excluding hydrogens is 360 g/mol. The minimum Gasteiger partial charge on any atom is -0.489 e. The van der Waals surface area contributed by atoms with Crippen LogP contribution in [0.1, 0.15) is 59.3 Å². The molecule has 0 saturated heterocycles. The summed E-state index contributed by atoms with van der Waals surface area (Å²) in [6, 6.07) is 4.37. The van der Waals surface area contributed by atoms with Gasteiger partial charge in [0.15, 0.2) is 5.75 Å². The maximum atomic E-state index is 12.6. The van der Waals surface area contributed by atoms with Crippen LogP contribution >= 0.6 is 0 Å². The van der Waals surface area contributed by atoms with Crippen LogP contribution in [0.5, 0.6) is 11.5 Å². The molecular formula is C21H30N2O5. The van der Waals surface area contributed by atoms with Gasteiger partial charge in [-0.05, 0) is 24.8 Å². The summed E-state index contributed by atoms with van der Waals surface area (Å²) >= 11 is 0. The number of pyridine rings is 1. The molecule has 0 bridgehead atoms. The third-order valence-corrected chi connectivity index (χ3v) is 4.66. The first-order chi connectivity index (χ1) is 13.5. The highest BCUT2D eigenvalue weighted by Gasteiger charge is 2.19. The Morgan fingerprint density at radius 1 is 1.11 bits per heavy atom. The first-order valence-corrected chi connectivity index (χ1v) is 10.1. The molecule has 1 atom stereocenters. The summed E-state index contributed by atoms with van der Waals surface area (Å²) in [6.45, 7) is 7.21. The number of nitro groups is 1. The monoisotopic (exact) mass is 390 g/mol. The van der Waals surface area contributed by atoms with Crippen LogP contribution < -0.4 is 15.0 Å². The number of ether oxygens (including phenoxy) is 2. The van der Waals surface area contributed by atoms with E-state index in [1.165, 1.54) is 12.1 Å². The van der Waals surface area contributed by atoms with E-state index in [0.29, 0.717) is 35.8 Å². The van der Waals surface area contributed by atoms with E-state index in [1.807, 2.05) is 0 Å². The van der Waals surface area contributed by atoms with E-state index in [9.17, 15) is 14.9 Å². The molecule has 7 heteroatoms. The lowest BCUT2D eigenvalue weighted by atomic mass is 10.1. The second kappa shape index (κ2) is 10.7. The summed E-state index contributed by atoms with van der Waals surface area (Å²) in [5.74, 6) is 0.836. The van der Waals surface area contributed by atoms with Gasteiger partial charge in [0.05, 0.1) is 23.7 Å². The lowest BCUT2D eigenvalue weighted by molar-refractivity contribution is -0.384. The van der Waals surface area contributed by atoms with Crippen molar-refractivity contribution < 1.29 is 14.4 Å². The molecule has 0 spiro atoms. The fourth-order valence-corrected chi connectivity index (χ4v) is 3.13. The van der Waals surface area contributed by atoms with Crippen LogP contribution in [0.25, 0.3) is 10.9 Å². The zero-order valence-corrected chi connectivity index (χ0v) is 17.0. The number of unbranched alkanes of at least 4 members (excludes halogenated alkanes) is 3. The summed E-state index contributed by atoms with van der Waals surface area (Å²) in [7, 11) is 0. The predicted molar refractivity (Wildman–Crippen MR) is 110 cm³/mol. The SMILES string of the molecule is CCCCCCOc1c(OCC(C)CCC)c(=O)[nH]c2cc([N+](=O)[O-])ccc12. The highest BCUT2D eigenvalue weighted by atomic mass is 16.6. The van der Waals surface area contributed by atoms with Crippen molar-refractivity contribution in [2.75, 3.05) is 13.2 Å². The molecule has 2 aromatic rings. The smallest absolute Gasteiger partial charge is 0.294 e. The highest BCUT2D eigenvalue weighted by molar-refractivity contribution is 5.88. The van der Waals surface area contributed by atoms with E-state index in [4.69, 9.17) is 9.47 Å². The summed E-state index contributed by atoms with van der Waals surface area (Å²) in [4.78, 5) is 25.9. The van der Waals surface area contributed by atoms with Gasteiger partial charge < -0.3 is 14.5 Å². The molecule has 28 heavy (non-hydrogen) atoms. The average Bonchev–Trinajstić information content (AvgIpc) is 2.66. The molecule has 2 rings (SSSR count). The van der Waals surface area contributed by atoms with Crippen LogP contribution in [0.3, 0.4) is 0 Å². The molecule has 1 N–H and O–H groups in total. The Morgan fingerprint density at radius 3 is 2.57 bits per heavy atom. The lowest BCUT2D eigenvalue weighted by Crippen LogP contribution is -2.17. The number of fused-ring (bicyclic) bond motifs is 1. The van der Waals surface area contributed by atoms with Crippen LogP contribution in [0.2, 0.25) is 0 Å². The van der Waals surface area contributed by atoms with E-state index < -0.39 is 10.5 Å². The standard InChI is InChI=1S/C21H30N2O5/c1-4-6-7-8-12-27-19-17-11-10-16(23(25)26)13-18(17)22-21(24)20(19)28-14-15(3)9-5-2/h10-11,13,15H,4-9,12,14H2,1-3H3,(H,22,24). The first kappa shape index (κ1) is 21.7. The fourth-order valence-electron chi connectivity index (χ4n) is 3.13. The van der Waals surface area contributed by atoms with Gasteiger partial charge in [-0.25, -0.2) is 0 Å². The molecule has 154 valence electrons. The van der Waals surface area contributed by atoms with Gasteiger partial charge >= 0.3 is 0 Å². The number of aromatic amines is 1. The summed E-state index contributed by atoms with van der Waals surface area (Å²) in [5.41, 5.74) is -0.140. The molecule has 0 aliphatic carbocycles. The Balaban J connectivity index is 2.36. The van der Waals surface area contributed by atoms with Gasteiger partial charge in [-0.15, -0.1) is 0 Å². The normalized spacial score (nSPS) is 12.1. The van der Waals surface area contributed by atoms with E-state index in [1.54, 1.807) is 6.07 Å². The van der Waals surface area contributed by atoms with Gasteiger partial charge in [-0.2, -0.15) is 0 Å². The maximum Gasteiger partial charge on any atom is 0.294 e. The average molecular weight is 390 g/mol. The van der Waals surface area contributed by atoms with Gasteiger partial charge in [0.2, 0.25) is 5.75 Å². The number of nitro benzene ring substituents is 1. The third kappa shape index (κ3) is 5.71. The molecule has 1 aromatic carbocycles. The van der Waals surface area contributed by atoms with Gasteiger partial charge in [-0.1, -0.05) is 46.5 Å². The quantitative estimate of drug-likeness (QED) is 0.305. The molecule has 0 aliphatic rings. The summed E-state index contributed by atoms with van der Waals surface area (Å²) < 4.78 is 11.8. The zero-order valence-electron chi connectivity index (χ0n) is 17.0. The number of nitrogens with one attached hydrogen (secondary N) is 1. The number of hydrogen-bond acceptors (Lipinski definition) is 5. The van der Waals surface area contributed by atoms with Crippen molar-refractivity contribution >= 4 is 16.6 Å². The Bertz CT molecular complexity index is 847. The predicted octanol–water partition coefficient (Wildman–Crippen LogP) is 5.21. The Labute approximate surface area is 165 Å². The van der Waals surface area contributed by atoms with Crippen LogP contribution in [0.4, 0.5) is 5.69 Å². The second-order valence-electron chi connectivity index (χ2n) is 7.21. The second-order valence-corrected chi connectivity index (χ2v) is 7.21. The molecule has 0 saturated carbocycles. The maximum absolute atomic E-state index is 12.6. The number of H-pyrrole nitrogens is 1. The van der Waals surface area contributed by atoms with Crippen LogP contribution in [-0.2, 0) is 0 Å². The molecule has 1 heterocycles. The number of aromatic nitrogens is 1. The van der Waals surface area contributed by atoms with Gasteiger partial charge in [0.1, 0.15) is 0 Å². The van der Waals surface area contributed by atoms with Crippen molar-refractivity contribution in [3.05, 3.63) is 38.7 Å². The van der Waals surface area contributed by atoms with Crippen molar-refractivity contribution in [3.63, 3.8) is 0 Å². The van der Waals surface area contributed by atoms with E-state index in [-0.39, 0.29) is 11.4 Å². The molecule has 7 nitrogen and oxygen atoms in total. The molecule has 0 aliphatic heterocycles. The summed E-state index contributed by atoms with van der Waals surface area (Å²) in [5, 5.41) is 11.7. The zero-order chi connectivity index (χ0) is 20.5. The Kier molecular flexibility index (Phi) is 8.29. The highest BCUT2D eigenvalue weighted by Crippen LogP contribution is 2.34. The number of hydrogen-bond donors (Lipinski definition) is 1. The van der Waals surface area contributed by atoms with Crippen LogP contribution in [-0.4, -0.2) is 23.1 Å². The van der Waals surface area contributed by atoms with Crippen molar-refractivity contribution in [3.8, 4) is 11.5 Å². The van der Waals surface area contributed by atoms with Gasteiger partial charge in [0, 0.05) is 17.5 Å². The fraction of sp³-hybridized carbons (Fsp3) is 0.571. The lowest BCUT2D eigenvalue weighted by Gasteiger charge is -2.16. The van der Waals surface area contributed by atoms with Crippen molar-refractivity contribution in [2.24, 2.45) is 5.92 Å². The van der Waals surface area contributed by atoms with Crippen molar-refractivity contribution in [1.82, 2.24) is 4.98 Å². The molecule has 1 unspecified atom stereocenters. The van der Waals surface area contributed by atoms with Gasteiger partial charge in [0.25, 0.3) is 11.2 Å². The van der Waals surface area contributed by atoms with E-state index in [2.05, 4.69) is 25.8 Å². The topological polar surface area (TPSA) is 94.5 Å². The molecule has 0 fully saturated rings. The van der Waals surface area contributed by atoms with E-state index in [0.717, 1.165) is 38.5 Å². The summed E-state index contributed by atoms with van der Waals surface area (Å²) in [6.07, 6.45) is 6.23. The Hall–Kier alpha value is -2.57. The van der Waals surface area contributed by atoms with Gasteiger partial charge in [-0.3, -0.25) is 14.9 Å². The molecule has 1 aromatic heterocycles. The van der Waals surface area contributed by atoms with E-state index >= 15 is 0 Å². The number of nitrogens with zero attached hydrogens (tertiary/aromatic N) is 1. The molecule has 0 amide bonds. The first-order valence-electron chi connectivity index (χ1n) is 10.1. The van der Waals surface area contributed by atoms with Crippen molar-refractivity contribution in [1.29, 1.82) is 0 Å². The largest absolute Gasteiger partial charge is 0.489 e. The molecule has 0 radical (unpaired) electrons. The Morgan fingerprint density at radius 2 is 1.89 bits per heavy atom. The third-order valence-electron chi connectivity index (χ3n) is 4.66. The number of benzene rings is 1. The number of rotatable bonds is 12.